The van der Waals surface area contributed by atoms with Gasteiger partial charge < -0.3 is 13.6 Å². The summed E-state index contributed by atoms with van der Waals surface area (Å²) in [6, 6.07) is 6.81. The van der Waals surface area contributed by atoms with Crippen molar-refractivity contribution in [1.29, 1.82) is 0 Å². The van der Waals surface area contributed by atoms with E-state index in [4.69, 9.17) is 13.6 Å². The number of carbonyl (C=O) groups is 2. The monoisotopic (exact) mass is 444 g/mol. The minimum absolute atomic E-state index is 0.130. The Balaban J connectivity index is 2.09. The molecule has 31 heavy (non-hydrogen) atoms. The summed E-state index contributed by atoms with van der Waals surface area (Å²) in [5.74, 6) is -1.14. The molecule has 2 rings (SSSR count). The number of ether oxygens (including phenoxy) is 1. The highest BCUT2D eigenvalue weighted by molar-refractivity contribution is 6.74. The molecule has 7 heteroatoms. The van der Waals surface area contributed by atoms with E-state index in [0.717, 1.165) is 0 Å². The molecular weight excluding hydrogens is 412 g/mol. The molecule has 0 N–H and O–H groups in total. The average molecular weight is 445 g/mol. The Kier molecular flexibility index (Phi) is 8.14. The number of esters is 1. The second kappa shape index (κ2) is 10.2. The second-order valence-electron chi connectivity index (χ2n) is 9.05. The van der Waals surface area contributed by atoms with Crippen LogP contribution in [0.15, 0.2) is 45.3 Å². The SMILES string of the molecule is COC(=O)/C(=C/c1coc2ccccc2c1=O)C(=O)CCCCO[Si](C)(C)C(C)(C)C. The maximum absolute atomic E-state index is 12.7. The third-order valence-electron chi connectivity index (χ3n) is 5.78. The summed E-state index contributed by atoms with van der Waals surface area (Å²) in [6.07, 6.45) is 3.98. The minimum Gasteiger partial charge on any atom is -0.465 e. The van der Waals surface area contributed by atoms with Crippen LogP contribution in [0.25, 0.3) is 17.0 Å². The van der Waals surface area contributed by atoms with E-state index in [2.05, 4.69) is 33.9 Å². The first kappa shape index (κ1) is 24.8. The van der Waals surface area contributed by atoms with E-state index in [-0.39, 0.29) is 33.8 Å². The lowest BCUT2D eigenvalue weighted by atomic mass is 10.0. The molecule has 1 heterocycles. The highest BCUT2D eigenvalue weighted by atomic mass is 28.4. The molecule has 1 aromatic carbocycles. The molecule has 0 aliphatic rings. The Morgan fingerprint density at radius 1 is 1.13 bits per heavy atom. The molecule has 0 saturated carbocycles. The van der Waals surface area contributed by atoms with Gasteiger partial charge in [-0.05, 0) is 49.2 Å². The molecule has 0 saturated heterocycles. The van der Waals surface area contributed by atoms with Crippen molar-refractivity contribution in [3.05, 3.63) is 51.9 Å². The largest absolute Gasteiger partial charge is 0.465 e. The standard InChI is InChI=1S/C24H32O6Si/c1-24(2,3)31(5,6)30-14-10-9-12-20(25)19(23(27)28-4)15-17-16-29-21-13-8-7-11-18(21)22(17)26/h7-8,11,13,15-16H,9-10,12,14H2,1-6H3/b19-15+. The van der Waals surface area contributed by atoms with Gasteiger partial charge in [-0.15, -0.1) is 0 Å². The lowest BCUT2D eigenvalue weighted by molar-refractivity contribution is -0.137. The number of hydrogen-bond acceptors (Lipinski definition) is 6. The van der Waals surface area contributed by atoms with Crippen molar-refractivity contribution in [2.75, 3.05) is 13.7 Å². The number of fused-ring (bicyclic) bond motifs is 1. The van der Waals surface area contributed by atoms with E-state index in [1.165, 1.54) is 19.4 Å². The zero-order valence-corrected chi connectivity index (χ0v) is 20.2. The summed E-state index contributed by atoms with van der Waals surface area (Å²) >= 11 is 0. The van der Waals surface area contributed by atoms with Crippen LogP contribution in [0.1, 0.15) is 45.6 Å². The van der Waals surface area contributed by atoms with Crippen molar-refractivity contribution in [3.63, 3.8) is 0 Å². The zero-order chi connectivity index (χ0) is 23.2. The fourth-order valence-corrected chi connectivity index (χ4v) is 3.87. The maximum atomic E-state index is 12.7. The van der Waals surface area contributed by atoms with Gasteiger partial charge in [0.15, 0.2) is 19.5 Å². The lowest BCUT2D eigenvalue weighted by Gasteiger charge is -2.36. The summed E-state index contributed by atoms with van der Waals surface area (Å²) in [7, 11) is -0.615. The predicted molar refractivity (Wildman–Crippen MR) is 124 cm³/mol. The highest BCUT2D eigenvalue weighted by Crippen LogP contribution is 2.36. The first-order valence-corrected chi connectivity index (χ1v) is 13.4. The van der Waals surface area contributed by atoms with E-state index in [1.807, 2.05) is 0 Å². The van der Waals surface area contributed by atoms with E-state index in [9.17, 15) is 14.4 Å². The normalized spacial score (nSPS) is 12.8. The number of para-hydroxylation sites is 1. The second-order valence-corrected chi connectivity index (χ2v) is 13.9. The quantitative estimate of drug-likeness (QED) is 0.133. The van der Waals surface area contributed by atoms with Crippen LogP contribution in [-0.4, -0.2) is 33.8 Å². The smallest absolute Gasteiger partial charge is 0.341 e. The summed E-state index contributed by atoms with van der Waals surface area (Å²) in [5.41, 5.74) is 0.111. The van der Waals surface area contributed by atoms with Crippen molar-refractivity contribution in [3.8, 4) is 0 Å². The van der Waals surface area contributed by atoms with Gasteiger partial charge in [0.25, 0.3) is 0 Å². The number of methoxy groups -OCH3 is 1. The van der Waals surface area contributed by atoms with E-state index >= 15 is 0 Å². The number of benzene rings is 1. The Bertz CT molecular complexity index is 1030. The summed E-state index contributed by atoms with van der Waals surface area (Å²) < 4.78 is 16.4. The fraction of sp³-hybridized carbons (Fsp3) is 0.458. The Hall–Kier alpha value is -2.51. The molecule has 0 radical (unpaired) electrons. The van der Waals surface area contributed by atoms with Crippen molar-refractivity contribution < 1.29 is 23.2 Å². The van der Waals surface area contributed by atoms with Crippen LogP contribution in [0, 0.1) is 0 Å². The van der Waals surface area contributed by atoms with Gasteiger partial charge in [-0.3, -0.25) is 9.59 Å². The van der Waals surface area contributed by atoms with Gasteiger partial charge in [-0.2, -0.15) is 0 Å². The van der Waals surface area contributed by atoms with Crippen molar-refractivity contribution >= 4 is 37.1 Å². The fourth-order valence-electron chi connectivity index (χ4n) is 2.78. The maximum Gasteiger partial charge on any atom is 0.341 e. The Morgan fingerprint density at radius 3 is 2.45 bits per heavy atom. The molecular formula is C24H32O6Si. The summed E-state index contributed by atoms with van der Waals surface area (Å²) in [5, 5.41) is 0.514. The van der Waals surface area contributed by atoms with E-state index in [0.29, 0.717) is 30.4 Å². The van der Waals surface area contributed by atoms with Crippen LogP contribution in [0.5, 0.6) is 0 Å². The van der Waals surface area contributed by atoms with Gasteiger partial charge in [0.2, 0.25) is 0 Å². The molecule has 0 spiro atoms. The summed E-state index contributed by atoms with van der Waals surface area (Å²) in [4.78, 5) is 37.6. The van der Waals surface area contributed by atoms with Crippen LogP contribution in [0.2, 0.25) is 18.1 Å². The number of carbonyl (C=O) groups excluding carboxylic acids is 2. The molecule has 0 fully saturated rings. The Morgan fingerprint density at radius 2 is 1.81 bits per heavy atom. The molecule has 2 aromatic rings. The third-order valence-corrected chi connectivity index (χ3v) is 10.3. The molecule has 6 nitrogen and oxygen atoms in total. The molecule has 0 aliphatic carbocycles. The minimum atomic E-state index is -1.82. The molecule has 0 bridgehead atoms. The van der Waals surface area contributed by atoms with Crippen molar-refractivity contribution in [2.24, 2.45) is 0 Å². The van der Waals surface area contributed by atoms with Gasteiger partial charge in [-0.1, -0.05) is 32.9 Å². The van der Waals surface area contributed by atoms with Crippen molar-refractivity contribution in [1.82, 2.24) is 0 Å². The predicted octanol–water partition coefficient (Wildman–Crippen LogP) is 5.11. The molecule has 0 aliphatic heterocycles. The Labute approximate surface area is 184 Å². The van der Waals surface area contributed by atoms with Crippen LogP contribution in [-0.2, 0) is 18.8 Å². The van der Waals surface area contributed by atoms with Crippen LogP contribution >= 0.6 is 0 Å². The molecule has 168 valence electrons. The average Bonchev–Trinajstić information content (AvgIpc) is 2.71. The number of hydrogen-bond donors (Lipinski definition) is 0. The van der Waals surface area contributed by atoms with Gasteiger partial charge in [0.05, 0.1) is 18.1 Å². The van der Waals surface area contributed by atoms with Gasteiger partial charge >= 0.3 is 5.97 Å². The van der Waals surface area contributed by atoms with Crippen LogP contribution < -0.4 is 5.43 Å². The van der Waals surface area contributed by atoms with Crippen LogP contribution in [0.4, 0.5) is 0 Å². The molecule has 0 amide bonds. The molecule has 0 unspecified atom stereocenters. The van der Waals surface area contributed by atoms with Gasteiger partial charge in [-0.25, -0.2) is 4.79 Å². The third kappa shape index (κ3) is 6.24. The number of rotatable bonds is 9. The highest BCUT2D eigenvalue weighted by Gasteiger charge is 2.36. The number of unbranched alkanes of at least 4 members (excludes halogenated alkanes) is 1. The van der Waals surface area contributed by atoms with Crippen molar-refractivity contribution in [2.45, 2.75) is 58.2 Å². The number of Topliss-reactive ketones (excluding diaryl/α,β-unsaturated/α-hetero) is 1. The van der Waals surface area contributed by atoms with Gasteiger partial charge in [0.1, 0.15) is 17.4 Å². The van der Waals surface area contributed by atoms with E-state index in [1.54, 1.807) is 24.3 Å². The topological polar surface area (TPSA) is 82.8 Å². The van der Waals surface area contributed by atoms with E-state index < -0.39 is 14.3 Å². The van der Waals surface area contributed by atoms with Crippen LogP contribution in [0.3, 0.4) is 0 Å². The summed E-state index contributed by atoms with van der Waals surface area (Å²) in [6.45, 7) is 11.5. The lowest BCUT2D eigenvalue weighted by Crippen LogP contribution is -2.40. The van der Waals surface area contributed by atoms with Gasteiger partial charge in [0, 0.05) is 13.0 Å². The molecule has 0 atom stereocenters. The number of ketones is 1. The first-order valence-electron chi connectivity index (χ1n) is 10.5. The zero-order valence-electron chi connectivity index (χ0n) is 19.2. The molecule has 1 aromatic heterocycles. The first-order chi connectivity index (χ1) is 14.5.